The predicted molar refractivity (Wildman–Crippen MR) is 69.7 cm³/mol. The summed E-state index contributed by atoms with van der Waals surface area (Å²) in [6.45, 7) is 7.69. The Labute approximate surface area is 101 Å². The minimum Gasteiger partial charge on any atom is -0.383 e. The van der Waals surface area contributed by atoms with Gasteiger partial charge in [-0.3, -0.25) is 0 Å². The van der Waals surface area contributed by atoms with Gasteiger partial charge in [-0.05, 0) is 30.6 Å². The molecule has 0 atom stereocenters. The second kappa shape index (κ2) is 7.29. The summed E-state index contributed by atoms with van der Waals surface area (Å²) in [6, 6.07) is 0. The molecule has 1 saturated carbocycles. The highest BCUT2D eigenvalue weighted by atomic mass is 16.5. The van der Waals surface area contributed by atoms with Crippen molar-refractivity contribution in [3.05, 3.63) is 0 Å². The molecule has 1 aliphatic carbocycles. The van der Waals surface area contributed by atoms with Crippen LogP contribution in [-0.4, -0.2) is 26.8 Å². The van der Waals surface area contributed by atoms with Crippen LogP contribution in [0.3, 0.4) is 0 Å². The quantitative estimate of drug-likeness (QED) is 0.611. The Hall–Kier alpha value is -0.0800. The molecule has 16 heavy (non-hydrogen) atoms. The maximum absolute atomic E-state index is 5.06. The summed E-state index contributed by atoms with van der Waals surface area (Å²) in [5.41, 5.74) is 0.641. The molecule has 0 heterocycles. The normalized spacial score (nSPS) is 18.8. The highest BCUT2D eigenvalue weighted by Gasteiger charge is 2.35. The Kier molecular flexibility index (Phi) is 6.37. The van der Waals surface area contributed by atoms with E-state index in [1.54, 1.807) is 7.11 Å². The van der Waals surface area contributed by atoms with Crippen LogP contribution in [0.15, 0.2) is 0 Å². The third-order valence-corrected chi connectivity index (χ3v) is 3.89. The molecule has 1 aliphatic rings. The fourth-order valence-electron chi connectivity index (χ4n) is 2.61. The molecule has 0 amide bonds. The fourth-order valence-corrected chi connectivity index (χ4v) is 2.61. The maximum Gasteiger partial charge on any atom is 0.0587 e. The van der Waals surface area contributed by atoms with Crippen LogP contribution >= 0.6 is 0 Å². The standard InChI is InChI=1S/C14H29NO/c1-13(2)6-4-7-14(8-5-9-14)12-15-10-11-16-3/h13,15H,4-12H2,1-3H3. The highest BCUT2D eigenvalue weighted by Crippen LogP contribution is 2.44. The van der Waals surface area contributed by atoms with E-state index in [0.717, 1.165) is 19.1 Å². The van der Waals surface area contributed by atoms with E-state index in [1.807, 2.05) is 0 Å². The molecule has 0 radical (unpaired) electrons. The van der Waals surface area contributed by atoms with Crippen LogP contribution in [0.5, 0.6) is 0 Å². The van der Waals surface area contributed by atoms with Crippen LogP contribution in [0, 0.1) is 11.3 Å². The summed E-state index contributed by atoms with van der Waals surface area (Å²) in [6.07, 6.45) is 8.53. The Morgan fingerprint density at radius 2 is 2.06 bits per heavy atom. The van der Waals surface area contributed by atoms with E-state index in [2.05, 4.69) is 19.2 Å². The molecule has 1 fully saturated rings. The number of rotatable bonds is 9. The van der Waals surface area contributed by atoms with Gasteiger partial charge in [0.15, 0.2) is 0 Å². The van der Waals surface area contributed by atoms with Gasteiger partial charge < -0.3 is 10.1 Å². The van der Waals surface area contributed by atoms with Crippen molar-refractivity contribution in [2.45, 2.75) is 52.4 Å². The minimum absolute atomic E-state index is 0.641. The van der Waals surface area contributed by atoms with Gasteiger partial charge in [-0.15, -0.1) is 0 Å². The molecule has 0 aliphatic heterocycles. The van der Waals surface area contributed by atoms with E-state index >= 15 is 0 Å². The van der Waals surface area contributed by atoms with Gasteiger partial charge in [-0.1, -0.05) is 33.1 Å². The third-order valence-electron chi connectivity index (χ3n) is 3.89. The Bertz CT molecular complexity index is 176. The van der Waals surface area contributed by atoms with Gasteiger partial charge in [0.05, 0.1) is 6.61 Å². The lowest BCUT2D eigenvalue weighted by molar-refractivity contribution is 0.106. The number of methoxy groups -OCH3 is 1. The number of ether oxygens (including phenoxy) is 1. The molecular weight excluding hydrogens is 198 g/mol. The Balaban J connectivity index is 2.12. The van der Waals surface area contributed by atoms with Gasteiger partial charge in [0, 0.05) is 20.2 Å². The van der Waals surface area contributed by atoms with Crippen LogP contribution in [0.4, 0.5) is 0 Å². The zero-order valence-corrected chi connectivity index (χ0v) is 11.3. The van der Waals surface area contributed by atoms with Crippen molar-refractivity contribution in [3.8, 4) is 0 Å². The second-order valence-corrected chi connectivity index (χ2v) is 5.81. The number of hydrogen-bond acceptors (Lipinski definition) is 2. The van der Waals surface area contributed by atoms with Crippen molar-refractivity contribution in [2.24, 2.45) is 11.3 Å². The lowest BCUT2D eigenvalue weighted by atomic mass is 9.65. The molecule has 96 valence electrons. The van der Waals surface area contributed by atoms with E-state index in [0.29, 0.717) is 5.41 Å². The molecule has 0 bridgehead atoms. The van der Waals surface area contributed by atoms with Crippen LogP contribution in [0.1, 0.15) is 52.4 Å². The SMILES string of the molecule is COCCNCC1(CCCC(C)C)CCC1. The first-order valence-corrected chi connectivity index (χ1v) is 6.88. The predicted octanol–water partition coefficient (Wildman–Crippen LogP) is 3.22. The van der Waals surface area contributed by atoms with Crippen LogP contribution in [0.2, 0.25) is 0 Å². The molecular formula is C14H29NO. The van der Waals surface area contributed by atoms with E-state index in [4.69, 9.17) is 4.74 Å². The summed E-state index contributed by atoms with van der Waals surface area (Å²) in [5, 5.41) is 3.54. The van der Waals surface area contributed by atoms with Gasteiger partial charge in [0.1, 0.15) is 0 Å². The smallest absolute Gasteiger partial charge is 0.0587 e. The molecule has 2 heteroatoms. The molecule has 0 spiro atoms. The van der Waals surface area contributed by atoms with E-state index in [1.165, 1.54) is 45.1 Å². The van der Waals surface area contributed by atoms with E-state index in [-0.39, 0.29) is 0 Å². The first-order valence-electron chi connectivity index (χ1n) is 6.88. The fraction of sp³-hybridized carbons (Fsp3) is 1.00. The van der Waals surface area contributed by atoms with Crippen molar-refractivity contribution in [1.29, 1.82) is 0 Å². The van der Waals surface area contributed by atoms with Gasteiger partial charge >= 0.3 is 0 Å². The number of nitrogens with one attached hydrogen (secondary N) is 1. The summed E-state index contributed by atoms with van der Waals surface area (Å²) >= 11 is 0. The molecule has 0 saturated heterocycles. The molecule has 0 aromatic heterocycles. The molecule has 1 N–H and O–H groups in total. The highest BCUT2D eigenvalue weighted by molar-refractivity contribution is 4.89. The average Bonchev–Trinajstić information content (AvgIpc) is 2.19. The molecule has 0 aromatic rings. The maximum atomic E-state index is 5.06. The minimum atomic E-state index is 0.641. The zero-order valence-electron chi connectivity index (χ0n) is 11.3. The van der Waals surface area contributed by atoms with Crippen molar-refractivity contribution in [2.75, 3.05) is 26.8 Å². The summed E-state index contributed by atoms with van der Waals surface area (Å²) in [5.74, 6) is 0.860. The van der Waals surface area contributed by atoms with Gasteiger partial charge in [0.2, 0.25) is 0 Å². The lowest BCUT2D eigenvalue weighted by Crippen LogP contribution is -2.40. The van der Waals surface area contributed by atoms with Gasteiger partial charge in [-0.25, -0.2) is 0 Å². The van der Waals surface area contributed by atoms with Crippen LogP contribution < -0.4 is 5.32 Å². The first kappa shape index (κ1) is 14.0. The largest absolute Gasteiger partial charge is 0.383 e. The van der Waals surface area contributed by atoms with Crippen LogP contribution in [0.25, 0.3) is 0 Å². The van der Waals surface area contributed by atoms with Gasteiger partial charge in [-0.2, -0.15) is 0 Å². The first-order chi connectivity index (χ1) is 7.68. The molecule has 0 aromatic carbocycles. The third kappa shape index (κ3) is 4.84. The van der Waals surface area contributed by atoms with Crippen molar-refractivity contribution in [3.63, 3.8) is 0 Å². The zero-order chi connectivity index (χ0) is 11.9. The van der Waals surface area contributed by atoms with Crippen LogP contribution in [-0.2, 0) is 4.74 Å². The topological polar surface area (TPSA) is 21.3 Å². The second-order valence-electron chi connectivity index (χ2n) is 5.81. The van der Waals surface area contributed by atoms with E-state index in [9.17, 15) is 0 Å². The number of hydrogen-bond donors (Lipinski definition) is 1. The molecule has 1 rings (SSSR count). The van der Waals surface area contributed by atoms with E-state index < -0.39 is 0 Å². The monoisotopic (exact) mass is 227 g/mol. The Morgan fingerprint density at radius 1 is 1.31 bits per heavy atom. The summed E-state index contributed by atoms with van der Waals surface area (Å²) in [7, 11) is 1.77. The molecule has 2 nitrogen and oxygen atoms in total. The Morgan fingerprint density at radius 3 is 2.56 bits per heavy atom. The van der Waals surface area contributed by atoms with Crippen molar-refractivity contribution >= 4 is 0 Å². The summed E-state index contributed by atoms with van der Waals surface area (Å²) in [4.78, 5) is 0. The van der Waals surface area contributed by atoms with Crippen molar-refractivity contribution in [1.82, 2.24) is 5.32 Å². The van der Waals surface area contributed by atoms with Crippen molar-refractivity contribution < 1.29 is 4.74 Å². The summed E-state index contributed by atoms with van der Waals surface area (Å²) < 4.78 is 5.06. The lowest BCUT2D eigenvalue weighted by Gasteiger charge is -2.42. The molecule has 0 unspecified atom stereocenters. The van der Waals surface area contributed by atoms with Gasteiger partial charge in [0.25, 0.3) is 0 Å². The average molecular weight is 227 g/mol.